The fourth-order valence-electron chi connectivity index (χ4n) is 2.36. The highest BCUT2D eigenvalue weighted by molar-refractivity contribution is 7.99. The molecule has 3 aromatic carbocycles. The molecular formula is C20H20NPS. The fourth-order valence-corrected chi connectivity index (χ4v) is 5.29. The average Bonchev–Trinajstić information content (AvgIpc) is 2.64. The van der Waals surface area contributed by atoms with Gasteiger partial charge in [0.05, 0.1) is 0 Å². The lowest BCUT2D eigenvalue weighted by molar-refractivity contribution is 0.943. The molecule has 0 aliphatic rings. The van der Waals surface area contributed by atoms with Crippen LogP contribution in [0.25, 0.3) is 0 Å². The fraction of sp³-hybridized carbons (Fsp3) is 0.100. The van der Waals surface area contributed by atoms with E-state index in [4.69, 9.17) is 0 Å². The maximum atomic E-state index is 3.62. The summed E-state index contributed by atoms with van der Waals surface area (Å²) in [6, 6.07) is 32.2. The van der Waals surface area contributed by atoms with Gasteiger partial charge < -0.3 is 5.32 Å². The molecule has 0 saturated heterocycles. The molecule has 0 bridgehead atoms. The monoisotopic (exact) mass is 337 g/mol. The van der Waals surface area contributed by atoms with Crippen molar-refractivity contribution in [3.05, 3.63) is 91.0 Å². The van der Waals surface area contributed by atoms with Gasteiger partial charge in [-0.1, -0.05) is 78.9 Å². The van der Waals surface area contributed by atoms with Crippen LogP contribution in [0, 0.1) is 0 Å². The number of hydrogen-bond donors (Lipinski definition) is 1. The molecule has 0 amide bonds. The molecule has 0 radical (unpaired) electrons. The van der Waals surface area contributed by atoms with Crippen molar-refractivity contribution in [2.75, 3.05) is 12.2 Å². The highest BCUT2D eigenvalue weighted by Crippen LogP contribution is 2.32. The molecular weight excluding hydrogens is 317 g/mol. The Kier molecular flexibility index (Phi) is 6.28. The van der Waals surface area contributed by atoms with Crippen LogP contribution < -0.4 is 15.9 Å². The first kappa shape index (κ1) is 16.3. The number of nitrogens with one attached hydrogen (secondary N) is 1. The Bertz CT molecular complexity index is 649. The SMILES string of the molecule is c1ccc(SCNCP(c2ccccc2)c2ccccc2)cc1. The Labute approximate surface area is 143 Å². The van der Waals surface area contributed by atoms with Gasteiger partial charge in [-0.15, -0.1) is 11.8 Å². The van der Waals surface area contributed by atoms with E-state index < -0.39 is 0 Å². The molecule has 3 aromatic rings. The third kappa shape index (κ3) is 4.94. The Morgan fingerprint density at radius 2 is 1.13 bits per heavy atom. The van der Waals surface area contributed by atoms with Crippen LogP contribution in [0.5, 0.6) is 0 Å². The maximum Gasteiger partial charge on any atom is 0.0468 e. The summed E-state index contributed by atoms with van der Waals surface area (Å²) in [5.41, 5.74) is 0. The predicted octanol–water partition coefficient (Wildman–Crippen LogP) is 4.42. The number of benzene rings is 3. The average molecular weight is 337 g/mol. The minimum Gasteiger partial charge on any atom is -0.303 e. The van der Waals surface area contributed by atoms with E-state index in [0.717, 1.165) is 12.2 Å². The molecule has 0 aliphatic heterocycles. The first-order valence-electron chi connectivity index (χ1n) is 7.70. The summed E-state index contributed by atoms with van der Waals surface area (Å²) in [5, 5.41) is 6.47. The third-order valence-corrected chi connectivity index (χ3v) is 6.83. The van der Waals surface area contributed by atoms with E-state index in [1.807, 2.05) is 11.8 Å². The second-order valence-electron chi connectivity index (χ2n) is 5.11. The van der Waals surface area contributed by atoms with Gasteiger partial charge in [-0.3, -0.25) is 0 Å². The molecule has 1 N–H and O–H groups in total. The highest BCUT2D eigenvalue weighted by Gasteiger charge is 2.12. The molecule has 1 nitrogen and oxygen atoms in total. The zero-order chi connectivity index (χ0) is 15.7. The molecule has 0 unspecified atom stereocenters. The van der Waals surface area contributed by atoms with Crippen LogP contribution in [0.15, 0.2) is 95.9 Å². The van der Waals surface area contributed by atoms with Crippen LogP contribution in [0.2, 0.25) is 0 Å². The van der Waals surface area contributed by atoms with E-state index in [1.54, 1.807) is 0 Å². The highest BCUT2D eigenvalue weighted by atomic mass is 32.2. The molecule has 0 saturated carbocycles. The van der Waals surface area contributed by atoms with Crippen molar-refractivity contribution >= 4 is 30.3 Å². The topological polar surface area (TPSA) is 12.0 Å². The Balaban J connectivity index is 1.63. The van der Waals surface area contributed by atoms with Crippen molar-refractivity contribution in [3.8, 4) is 0 Å². The summed E-state index contributed by atoms with van der Waals surface area (Å²) in [6.07, 6.45) is 1.00. The molecule has 0 heterocycles. The number of hydrogen-bond acceptors (Lipinski definition) is 2. The third-order valence-electron chi connectivity index (χ3n) is 3.49. The smallest absolute Gasteiger partial charge is 0.0468 e. The van der Waals surface area contributed by atoms with Crippen LogP contribution in [0.1, 0.15) is 0 Å². The van der Waals surface area contributed by atoms with Gasteiger partial charge in [0.15, 0.2) is 0 Å². The Hall–Kier alpha value is -1.60. The van der Waals surface area contributed by atoms with Gasteiger partial charge in [0.25, 0.3) is 0 Å². The first-order valence-corrected chi connectivity index (χ1v) is 10.2. The van der Waals surface area contributed by atoms with Crippen LogP contribution in [-0.2, 0) is 0 Å². The Morgan fingerprint density at radius 1 is 0.652 bits per heavy atom. The van der Waals surface area contributed by atoms with Gasteiger partial charge in [0.2, 0.25) is 0 Å². The van der Waals surface area contributed by atoms with E-state index in [9.17, 15) is 0 Å². The summed E-state index contributed by atoms with van der Waals surface area (Å²) in [5.74, 6) is 0.933. The largest absolute Gasteiger partial charge is 0.303 e. The predicted molar refractivity (Wildman–Crippen MR) is 104 cm³/mol. The minimum absolute atomic E-state index is 0.356. The lowest BCUT2D eigenvalue weighted by atomic mass is 10.4. The molecule has 23 heavy (non-hydrogen) atoms. The molecule has 0 fully saturated rings. The molecule has 0 atom stereocenters. The molecule has 3 rings (SSSR count). The molecule has 0 aliphatic carbocycles. The summed E-state index contributed by atoms with van der Waals surface area (Å²) in [4.78, 5) is 1.31. The standard InChI is InChI=1S/C20H20NPS/c1-4-10-18(11-5-1)22(19-12-6-2-7-13-19)16-21-17-23-20-14-8-3-9-15-20/h1-15,21H,16-17H2. The van der Waals surface area contributed by atoms with Gasteiger partial charge >= 0.3 is 0 Å². The van der Waals surface area contributed by atoms with Crippen LogP contribution in [0.3, 0.4) is 0 Å². The van der Waals surface area contributed by atoms with Crippen LogP contribution in [-0.4, -0.2) is 12.2 Å². The number of thioether (sulfide) groups is 1. The summed E-state index contributed by atoms with van der Waals surface area (Å²) in [6.45, 7) is 0. The quantitative estimate of drug-likeness (QED) is 0.296. The van der Waals surface area contributed by atoms with Gasteiger partial charge in [-0.2, -0.15) is 0 Å². The zero-order valence-electron chi connectivity index (χ0n) is 12.9. The van der Waals surface area contributed by atoms with Gasteiger partial charge in [-0.25, -0.2) is 0 Å². The first-order chi connectivity index (χ1) is 11.4. The molecule has 0 spiro atoms. The van der Waals surface area contributed by atoms with Gasteiger partial charge in [0, 0.05) is 17.1 Å². The van der Waals surface area contributed by atoms with E-state index in [0.29, 0.717) is 0 Å². The zero-order valence-corrected chi connectivity index (χ0v) is 14.6. The van der Waals surface area contributed by atoms with Crippen molar-refractivity contribution in [2.45, 2.75) is 4.90 Å². The van der Waals surface area contributed by atoms with Crippen molar-refractivity contribution in [3.63, 3.8) is 0 Å². The van der Waals surface area contributed by atoms with Crippen molar-refractivity contribution in [1.82, 2.24) is 5.32 Å². The summed E-state index contributed by atoms with van der Waals surface area (Å²) >= 11 is 1.85. The number of rotatable bonds is 7. The van der Waals surface area contributed by atoms with Gasteiger partial charge in [0.1, 0.15) is 0 Å². The van der Waals surface area contributed by atoms with Crippen molar-refractivity contribution in [1.29, 1.82) is 0 Å². The van der Waals surface area contributed by atoms with E-state index in [1.165, 1.54) is 15.5 Å². The second kappa shape index (κ2) is 8.88. The minimum atomic E-state index is -0.356. The second-order valence-corrected chi connectivity index (χ2v) is 8.36. The van der Waals surface area contributed by atoms with E-state index in [2.05, 4.69) is 96.3 Å². The van der Waals surface area contributed by atoms with E-state index >= 15 is 0 Å². The summed E-state index contributed by atoms with van der Waals surface area (Å²) < 4.78 is 0. The maximum absolute atomic E-state index is 3.62. The normalized spacial score (nSPS) is 10.8. The molecule has 116 valence electrons. The molecule has 3 heteroatoms. The van der Waals surface area contributed by atoms with Gasteiger partial charge in [-0.05, 0) is 30.7 Å². The Morgan fingerprint density at radius 3 is 1.65 bits per heavy atom. The summed E-state index contributed by atoms with van der Waals surface area (Å²) in [7, 11) is -0.356. The van der Waals surface area contributed by atoms with E-state index in [-0.39, 0.29) is 7.92 Å². The lowest BCUT2D eigenvalue weighted by Gasteiger charge is -2.19. The lowest BCUT2D eigenvalue weighted by Crippen LogP contribution is -2.22. The van der Waals surface area contributed by atoms with Crippen molar-refractivity contribution < 1.29 is 0 Å². The van der Waals surface area contributed by atoms with Crippen LogP contribution in [0.4, 0.5) is 0 Å². The van der Waals surface area contributed by atoms with Crippen molar-refractivity contribution in [2.24, 2.45) is 0 Å². The van der Waals surface area contributed by atoms with Crippen LogP contribution >= 0.6 is 19.7 Å². The molecule has 0 aromatic heterocycles.